The fourth-order valence-corrected chi connectivity index (χ4v) is 4.72. The molecule has 2 nitrogen and oxygen atoms in total. The van der Waals surface area contributed by atoms with Crippen molar-refractivity contribution in [3.63, 3.8) is 0 Å². The number of benzene rings is 1. The zero-order valence-electron chi connectivity index (χ0n) is 12.2. The van der Waals surface area contributed by atoms with E-state index in [0.29, 0.717) is 5.92 Å². The van der Waals surface area contributed by atoms with Gasteiger partial charge in [-0.1, -0.05) is 18.0 Å². The highest BCUT2D eigenvalue weighted by Crippen LogP contribution is 2.49. The lowest BCUT2D eigenvalue weighted by Gasteiger charge is -2.20. The molecule has 0 spiro atoms. The van der Waals surface area contributed by atoms with E-state index in [1.165, 1.54) is 30.6 Å². The number of hydrogen-bond acceptors (Lipinski definition) is 2. The summed E-state index contributed by atoms with van der Waals surface area (Å²) < 4.78 is 0. The number of halogens is 1. The largest absolute Gasteiger partial charge is 0.355 e. The van der Waals surface area contributed by atoms with E-state index in [4.69, 9.17) is 11.6 Å². The molecule has 0 saturated heterocycles. The number of hydrogen-bond donors (Lipinski definition) is 1. The van der Waals surface area contributed by atoms with E-state index in [2.05, 4.69) is 5.32 Å². The first-order valence-corrected chi connectivity index (χ1v) is 9.22. The molecule has 4 heteroatoms. The molecule has 1 amide bonds. The Morgan fingerprint density at radius 2 is 2.05 bits per heavy atom. The highest BCUT2D eigenvalue weighted by atomic mass is 35.5. The molecule has 3 rings (SSSR count). The molecule has 2 aliphatic rings. The summed E-state index contributed by atoms with van der Waals surface area (Å²) in [4.78, 5) is 13.2. The van der Waals surface area contributed by atoms with E-state index >= 15 is 0 Å². The van der Waals surface area contributed by atoms with Gasteiger partial charge < -0.3 is 5.32 Å². The molecular weight excluding hydrogens is 302 g/mol. The van der Waals surface area contributed by atoms with Gasteiger partial charge in [0.2, 0.25) is 5.91 Å². The van der Waals surface area contributed by atoms with E-state index in [1.54, 1.807) is 11.8 Å². The Hall–Kier alpha value is -0.670. The average molecular weight is 324 g/mol. The standard InChI is InChI=1S/C17H22ClNOS/c18-15-3-5-16(6-4-15)21-8-7-19-17(20)11-14-10-12-1-2-13(14)9-12/h3-6,12-14H,1-2,7-11H2,(H,19,20). The average Bonchev–Trinajstić information content (AvgIpc) is 3.08. The smallest absolute Gasteiger partial charge is 0.220 e. The van der Waals surface area contributed by atoms with Gasteiger partial charge in [0.1, 0.15) is 0 Å². The van der Waals surface area contributed by atoms with Gasteiger partial charge in [-0.25, -0.2) is 0 Å². The third kappa shape index (κ3) is 4.17. The Bertz CT molecular complexity index is 490. The minimum Gasteiger partial charge on any atom is -0.355 e. The van der Waals surface area contributed by atoms with Crippen LogP contribution in [0.15, 0.2) is 29.2 Å². The second kappa shape index (κ2) is 7.06. The Labute approximate surface area is 136 Å². The van der Waals surface area contributed by atoms with Crippen LogP contribution in [0.3, 0.4) is 0 Å². The highest BCUT2D eigenvalue weighted by molar-refractivity contribution is 7.99. The predicted octanol–water partition coefficient (Wildman–Crippen LogP) is 4.37. The van der Waals surface area contributed by atoms with Gasteiger partial charge in [0, 0.05) is 28.6 Å². The summed E-state index contributed by atoms with van der Waals surface area (Å²) in [5.74, 6) is 3.57. The Morgan fingerprint density at radius 1 is 1.24 bits per heavy atom. The van der Waals surface area contributed by atoms with Crippen molar-refractivity contribution >= 4 is 29.3 Å². The van der Waals surface area contributed by atoms with Crippen molar-refractivity contribution in [1.29, 1.82) is 0 Å². The minimum absolute atomic E-state index is 0.240. The molecule has 0 aliphatic heterocycles. The van der Waals surface area contributed by atoms with Crippen LogP contribution in [0.4, 0.5) is 0 Å². The molecule has 21 heavy (non-hydrogen) atoms. The summed E-state index contributed by atoms with van der Waals surface area (Å²) in [6.45, 7) is 0.743. The molecule has 0 radical (unpaired) electrons. The molecule has 2 fully saturated rings. The Morgan fingerprint density at radius 3 is 2.71 bits per heavy atom. The van der Waals surface area contributed by atoms with E-state index in [0.717, 1.165) is 35.6 Å². The van der Waals surface area contributed by atoms with Crippen LogP contribution in [0.1, 0.15) is 32.1 Å². The van der Waals surface area contributed by atoms with Gasteiger partial charge in [0.15, 0.2) is 0 Å². The minimum atomic E-state index is 0.240. The van der Waals surface area contributed by atoms with Crippen molar-refractivity contribution in [2.45, 2.75) is 37.0 Å². The van der Waals surface area contributed by atoms with Crippen molar-refractivity contribution in [2.24, 2.45) is 17.8 Å². The quantitative estimate of drug-likeness (QED) is 0.622. The van der Waals surface area contributed by atoms with Crippen LogP contribution in [-0.2, 0) is 4.79 Å². The summed E-state index contributed by atoms with van der Waals surface area (Å²) in [7, 11) is 0. The van der Waals surface area contributed by atoms with Crippen LogP contribution >= 0.6 is 23.4 Å². The fraction of sp³-hybridized carbons (Fsp3) is 0.588. The maximum absolute atomic E-state index is 12.0. The molecule has 0 aromatic heterocycles. The van der Waals surface area contributed by atoms with Crippen molar-refractivity contribution in [1.82, 2.24) is 5.32 Å². The van der Waals surface area contributed by atoms with Crippen LogP contribution < -0.4 is 5.32 Å². The Kier molecular flexibility index (Phi) is 5.12. The van der Waals surface area contributed by atoms with Crippen molar-refractivity contribution < 1.29 is 4.79 Å². The normalized spacial score (nSPS) is 27.0. The van der Waals surface area contributed by atoms with Gasteiger partial charge in [-0.05, 0) is 61.3 Å². The summed E-state index contributed by atoms with van der Waals surface area (Å²) in [5, 5.41) is 3.83. The maximum Gasteiger partial charge on any atom is 0.220 e. The number of carbonyl (C=O) groups is 1. The monoisotopic (exact) mass is 323 g/mol. The van der Waals surface area contributed by atoms with Crippen molar-refractivity contribution in [3.8, 4) is 0 Å². The summed E-state index contributed by atoms with van der Waals surface area (Å²) in [5.41, 5.74) is 0. The van der Waals surface area contributed by atoms with Crippen LogP contribution in [0.25, 0.3) is 0 Å². The van der Waals surface area contributed by atoms with Crippen LogP contribution in [0.2, 0.25) is 5.02 Å². The zero-order valence-corrected chi connectivity index (χ0v) is 13.8. The molecule has 2 aliphatic carbocycles. The van der Waals surface area contributed by atoms with Gasteiger partial charge in [-0.3, -0.25) is 4.79 Å². The van der Waals surface area contributed by atoms with E-state index in [1.807, 2.05) is 24.3 Å². The van der Waals surface area contributed by atoms with E-state index < -0.39 is 0 Å². The summed E-state index contributed by atoms with van der Waals surface area (Å²) >= 11 is 7.61. The van der Waals surface area contributed by atoms with Crippen LogP contribution in [0, 0.1) is 17.8 Å². The highest BCUT2D eigenvalue weighted by Gasteiger charge is 2.39. The number of amides is 1. The second-order valence-corrected chi connectivity index (χ2v) is 7.90. The zero-order chi connectivity index (χ0) is 14.7. The topological polar surface area (TPSA) is 29.1 Å². The van der Waals surface area contributed by atoms with Gasteiger partial charge in [0.25, 0.3) is 0 Å². The molecule has 0 heterocycles. The number of thioether (sulfide) groups is 1. The molecule has 2 bridgehead atoms. The lowest BCUT2D eigenvalue weighted by molar-refractivity contribution is -0.122. The summed E-state index contributed by atoms with van der Waals surface area (Å²) in [6, 6.07) is 7.84. The van der Waals surface area contributed by atoms with E-state index in [9.17, 15) is 4.79 Å². The van der Waals surface area contributed by atoms with Crippen molar-refractivity contribution in [2.75, 3.05) is 12.3 Å². The lowest BCUT2D eigenvalue weighted by Crippen LogP contribution is -2.29. The number of fused-ring (bicyclic) bond motifs is 2. The molecular formula is C17H22ClNOS. The molecule has 1 N–H and O–H groups in total. The van der Waals surface area contributed by atoms with E-state index in [-0.39, 0.29) is 5.91 Å². The molecule has 1 aromatic rings. The van der Waals surface area contributed by atoms with Gasteiger partial charge in [0.05, 0.1) is 0 Å². The first kappa shape index (κ1) is 15.2. The van der Waals surface area contributed by atoms with Crippen molar-refractivity contribution in [3.05, 3.63) is 29.3 Å². The molecule has 1 aromatic carbocycles. The van der Waals surface area contributed by atoms with Gasteiger partial charge >= 0.3 is 0 Å². The SMILES string of the molecule is O=C(CC1CC2CCC1C2)NCCSc1ccc(Cl)cc1. The maximum atomic E-state index is 12.0. The lowest BCUT2D eigenvalue weighted by atomic mass is 9.86. The van der Waals surface area contributed by atoms with Gasteiger partial charge in [-0.2, -0.15) is 0 Å². The third-order valence-electron chi connectivity index (χ3n) is 4.84. The molecule has 2 saturated carbocycles. The number of carbonyl (C=O) groups excluding carboxylic acids is 1. The Balaban J connectivity index is 1.32. The first-order valence-electron chi connectivity index (χ1n) is 7.86. The molecule has 3 unspecified atom stereocenters. The number of rotatable bonds is 6. The molecule has 114 valence electrons. The third-order valence-corrected chi connectivity index (χ3v) is 6.10. The molecule has 3 atom stereocenters. The summed E-state index contributed by atoms with van der Waals surface area (Å²) in [6.07, 6.45) is 6.17. The first-order chi connectivity index (χ1) is 10.2. The van der Waals surface area contributed by atoms with Gasteiger partial charge in [-0.15, -0.1) is 11.8 Å². The van der Waals surface area contributed by atoms with Crippen LogP contribution in [0.5, 0.6) is 0 Å². The predicted molar refractivity (Wildman–Crippen MR) is 88.7 cm³/mol. The fourth-order valence-electron chi connectivity index (χ4n) is 3.83. The van der Waals surface area contributed by atoms with Crippen LogP contribution in [-0.4, -0.2) is 18.2 Å². The second-order valence-electron chi connectivity index (χ2n) is 6.29. The number of nitrogens with one attached hydrogen (secondary N) is 1.